The summed E-state index contributed by atoms with van der Waals surface area (Å²) in [7, 11) is 1.01. The topological polar surface area (TPSA) is 0 Å². The molecule has 170 valence electrons. The first kappa shape index (κ1) is 25.4. The van der Waals surface area contributed by atoms with E-state index in [0.717, 1.165) is 12.3 Å². The number of benzene rings is 3. The van der Waals surface area contributed by atoms with Crippen molar-refractivity contribution in [1.29, 1.82) is 0 Å². The summed E-state index contributed by atoms with van der Waals surface area (Å²) in [6, 6.07) is 23.0. The minimum absolute atomic E-state index is 0.124. The molecule has 0 aromatic heterocycles. The van der Waals surface area contributed by atoms with Crippen LogP contribution in [0.25, 0.3) is 0 Å². The maximum Gasteiger partial charge on any atom is 0.0779 e. The van der Waals surface area contributed by atoms with Crippen LogP contribution in [0.1, 0.15) is 48.6 Å². The van der Waals surface area contributed by atoms with Crippen LogP contribution < -0.4 is 15.8 Å². The standard InChI is InChI=1S/C29H40P2Si/c1-21-13-9-11-15-25(21)31(26-16-12-10-14-22(26)2)20-24-23(19-30)17-18-27(32(6,7)8)28(24)29(3,4)5/h9-18H,19-20,30H2,1-8H3. The summed E-state index contributed by atoms with van der Waals surface area (Å²) in [6.45, 7) is 19.3. The summed E-state index contributed by atoms with van der Waals surface area (Å²) in [5.74, 6) is 0. The zero-order chi connectivity index (χ0) is 23.7. The Morgan fingerprint density at radius 2 is 1.28 bits per heavy atom. The van der Waals surface area contributed by atoms with Gasteiger partial charge in [-0.05, 0) is 71.8 Å². The first-order chi connectivity index (χ1) is 14.9. The van der Waals surface area contributed by atoms with Gasteiger partial charge < -0.3 is 0 Å². The van der Waals surface area contributed by atoms with Crippen LogP contribution >= 0.6 is 17.2 Å². The molecule has 0 aliphatic carbocycles. The molecule has 3 aromatic rings. The molecule has 0 nitrogen and oxygen atoms in total. The van der Waals surface area contributed by atoms with E-state index in [0.29, 0.717) is 0 Å². The molecule has 3 rings (SSSR count). The van der Waals surface area contributed by atoms with Gasteiger partial charge in [0, 0.05) is 6.16 Å². The molecule has 1 atom stereocenters. The van der Waals surface area contributed by atoms with Gasteiger partial charge in [0.05, 0.1) is 8.07 Å². The Morgan fingerprint density at radius 3 is 1.69 bits per heavy atom. The lowest BCUT2D eigenvalue weighted by molar-refractivity contribution is 0.588. The number of aryl methyl sites for hydroxylation is 2. The van der Waals surface area contributed by atoms with E-state index < -0.39 is 16.0 Å². The highest BCUT2D eigenvalue weighted by molar-refractivity contribution is 7.72. The molecule has 0 radical (unpaired) electrons. The van der Waals surface area contributed by atoms with E-state index in [1.165, 1.54) is 27.3 Å². The molecule has 0 saturated heterocycles. The van der Waals surface area contributed by atoms with Crippen molar-refractivity contribution in [2.45, 2.75) is 72.0 Å². The molecule has 1 unspecified atom stereocenters. The van der Waals surface area contributed by atoms with E-state index in [1.54, 1.807) is 16.3 Å². The van der Waals surface area contributed by atoms with Crippen molar-refractivity contribution in [3.8, 4) is 0 Å². The Kier molecular flexibility index (Phi) is 7.87. The molecule has 0 bridgehead atoms. The molecule has 0 heterocycles. The van der Waals surface area contributed by atoms with Gasteiger partial charge in [-0.1, -0.05) is 106 Å². The number of rotatable bonds is 6. The van der Waals surface area contributed by atoms with Crippen LogP contribution in [-0.2, 0) is 17.7 Å². The third-order valence-corrected chi connectivity index (χ3v) is 11.6. The van der Waals surface area contributed by atoms with Crippen LogP contribution in [0.2, 0.25) is 19.6 Å². The molecule has 3 aromatic carbocycles. The maximum atomic E-state index is 2.99. The Balaban J connectivity index is 2.31. The molecule has 0 fully saturated rings. The third-order valence-electron chi connectivity index (χ3n) is 6.32. The van der Waals surface area contributed by atoms with Gasteiger partial charge in [-0.3, -0.25) is 0 Å². The lowest BCUT2D eigenvalue weighted by Crippen LogP contribution is -2.44. The minimum Gasteiger partial charge on any atom is -0.133 e. The fourth-order valence-electron chi connectivity index (χ4n) is 4.74. The normalized spacial score (nSPS) is 12.4. The van der Waals surface area contributed by atoms with Crippen molar-refractivity contribution >= 4 is 41.0 Å². The Bertz CT molecular complexity index is 1040. The van der Waals surface area contributed by atoms with Gasteiger partial charge in [0.15, 0.2) is 0 Å². The molecule has 0 aliphatic heterocycles. The van der Waals surface area contributed by atoms with E-state index in [9.17, 15) is 0 Å². The summed E-state index contributed by atoms with van der Waals surface area (Å²) in [6.07, 6.45) is 2.12. The maximum absolute atomic E-state index is 2.99. The molecule has 0 saturated carbocycles. The van der Waals surface area contributed by atoms with E-state index in [-0.39, 0.29) is 5.41 Å². The average molecular weight is 479 g/mol. The van der Waals surface area contributed by atoms with Gasteiger partial charge >= 0.3 is 0 Å². The molecular formula is C29H40P2Si. The Morgan fingerprint density at radius 1 is 0.781 bits per heavy atom. The first-order valence-electron chi connectivity index (χ1n) is 11.7. The summed E-state index contributed by atoms with van der Waals surface area (Å²) in [5.41, 5.74) is 7.66. The van der Waals surface area contributed by atoms with Crippen LogP contribution in [0.15, 0.2) is 60.7 Å². The molecule has 0 amide bonds. The van der Waals surface area contributed by atoms with Crippen LogP contribution in [-0.4, -0.2) is 8.07 Å². The van der Waals surface area contributed by atoms with Gasteiger partial charge in [0.1, 0.15) is 0 Å². The number of hydrogen-bond acceptors (Lipinski definition) is 0. The predicted octanol–water partition coefficient (Wildman–Crippen LogP) is 7.15. The second-order valence-corrected chi connectivity index (χ2v) is 18.6. The van der Waals surface area contributed by atoms with Gasteiger partial charge in [-0.25, -0.2) is 0 Å². The summed E-state index contributed by atoms with van der Waals surface area (Å²) in [4.78, 5) is 0. The van der Waals surface area contributed by atoms with Gasteiger partial charge in [0.25, 0.3) is 0 Å². The second kappa shape index (κ2) is 9.93. The van der Waals surface area contributed by atoms with Crippen molar-refractivity contribution in [2.24, 2.45) is 0 Å². The lowest BCUT2D eigenvalue weighted by Gasteiger charge is -2.34. The molecule has 0 N–H and O–H groups in total. The fraction of sp³-hybridized carbons (Fsp3) is 0.379. The van der Waals surface area contributed by atoms with E-state index >= 15 is 0 Å². The molecular weight excluding hydrogens is 438 g/mol. The highest BCUT2D eigenvalue weighted by atomic mass is 31.1. The van der Waals surface area contributed by atoms with Crippen molar-refractivity contribution in [3.05, 3.63) is 88.5 Å². The van der Waals surface area contributed by atoms with E-state index in [1.807, 2.05) is 0 Å². The zero-order valence-electron chi connectivity index (χ0n) is 21.2. The third kappa shape index (κ3) is 5.44. The smallest absolute Gasteiger partial charge is 0.0779 e. The minimum atomic E-state index is -1.49. The highest BCUT2D eigenvalue weighted by Crippen LogP contribution is 2.43. The van der Waals surface area contributed by atoms with Crippen molar-refractivity contribution < 1.29 is 0 Å². The quantitative estimate of drug-likeness (QED) is 0.261. The Hall–Kier alpha value is -1.26. The van der Waals surface area contributed by atoms with Gasteiger partial charge in [0.2, 0.25) is 0 Å². The monoisotopic (exact) mass is 478 g/mol. The molecule has 32 heavy (non-hydrogen) atoms. The van der Waals surface area contributed by atoms with E-state index in [2.05, 4.69) is 124 Å². The number of hydrogen-bond donors (Lipinski definition) is 0. The van der Waals surface area contributed by atoms with Crippen molar-refractivity contribution in [3.63, 3.8) is 0 Å². The average Bonchev–Trinajstić information content (AvgIpc) is 2.71. The zero-order valence-corrected chi connectivity index (χ0v) is 24.3. The molecule has 3 heteroatoms. The highest BCUT2D eigenvalue weighted by Gasteiger charge is 2.31. The fourth-order valence-corrected chi connectivity index (χ4v) is 9.79. The van der Waals surface area contributed by atoms with Gasteiger partial charge in [-0.2, -0.15) is 0 Å². The van der Waals surface area contributed by atoms with Crippen molar-refractivity contribution in [1.82, 2.24) is 0 Å². The molecule has 0 aliphatic rings. The molecule has 0 spiro atoms. The largest absolute Gasteiger partial charge is 0.133 e. The SMILES string of the molecule is Cc1ccccc1P(Cc1c(CP)ccc([Si](C)(C)C)c1C(C)(C)C)c1ccccc1C. The van der Waals surface area contributed by atoms with Crippen molar-refractivity contribution in [2.75, 3.05) is 0 Å². The van der Waals surface area contributed by atoms with E-state index in [4.69, 9.17) is 0 Å². The summed E-state index contributed by atoms with van der Waals surface area (Å²) >= 11 is 0. The first-order valence-corrected chi connectivity index (χ1v) is 17.5. The lowest BCUT2D eigenvalue weighted by atomic mass is 9.82. The van der Waals surface area contributed by atoms with Crippen LogP contribution in [0.3, 0.4) is 0 Å². The van der Waals surface area contributed by atoms with Crippen LogP contribution in [0, 0.1) is 13.8 Å². The second-order valence-electron chi connectivity index (χ2n) is 11.0. The van der Waals surface area contributed by atoms with Crippen LogP contribution in [0.4, 0.5) is 0 Å². The van der Waals surface area contributed by atoms with Crippen LogP contribution in [0.5, 0.6) is 0 Å². The van der Waals surface area contributed by atoms with Gasteiger partial charge in [-0.15, -0.1) is 9.24 Å². The predicted molar refractivity (Wildman–Crippen MR) is 154 cm³/mol. The summed E-state index contributed by atoms with van der Waals surface area (Å²) in [5, 5.41) is 4.67. The summed E-state index contributed by atoms with van der Waals surface area (Å²) < 4.78 is 0. The Labute approximate surface area is 201 Å².